The van der Waals surface area contributed by atoms with E-state index < -0.39 is 18.5 Å². The van der Waals surface area contributed by atoms with Gasteiger partial charge in [0.1, 0.15) is 5.15 Å². The van der Waals surface area contributed by atoms with Crippen molar-refractivity contribution < 1.29 is 19.1 Å². The van der Waals surface area contributed by atoms with Crippen molar-refractivity contribution in [2.75, 3.05) is 16.8 Å². The van der Waals surface area contributed by atoms with Crippen molar-refractivity contribution >= 4 is 40.8 Å². The van der Waals surface area contributed by atoms with Crippen molar-refractivity contribution in [2.45, 2.75) is 19.4 Å². The molecule has 1 N–H and O–H groups in total. The summed E-state index contributed by atoms with van der Waals surface area (Å²) in [5, 5.41) is 2.78. The normalized spacial score (nSPS) is 16.3. The minimum Gasteiger partial charge on any atom is -0.452 e. The molecule has 0 unspecified atom stereocenters. The quantitative estimate of drug-likeness (QED) is 0.660. The van der Waals surface area contributed by atoms with Gasteiger partial charge in [0.25, 0.3) is 5.91 Å². The molecule has 7 nitrogen and oxygen atoms in total. The van der Waals surface area contributed by atoms with Crippen LogP contribution in [0.25, 0.3) is 0 Å². The SMILES string of the molecule is C[C@@H]1CC(=O)Nc2ccccc2N1C(=O)COC(=O)c1cccnc1Cl. The van der Waals surface area contributed by atoms with Gasteiger partial charge in [-0.3, -0.25) is 9.59 Å². The molecule has 134 valence electrons. The highest BCUT2D eigenvalue weighted by Gasteiger charge is 2.30. The van der Waals surface area contributed by atoms with Gasteiger partial charge in [0, 0.05) is 18.7 Å². The van der Waals surface area contributed by atoms with E-state index in [0.717, 1.165) is 0 Å². The number of carbonyl (C=O) groups excluding carboxylic acids is 3. The molecule has 0 aliphatic carbocycles. The maximum absolute atomic E-state index is 12.7. The Morgan fingerprint density at radius 2 is 2.08 bits per heavy atom. The Kier molecular flexibility index (Phi) is 5.18. The maximum atomic E-state index is 12.7. The number of ether oxygens (including phenoxy) is 1. The molecule has 2 aromatic rings. The number of hydrogen-bond donors (Lipinski definition) is 1. The predicted octanol–water partition coefficient (Wildman–Crippen LogP) is 2.66. The minimum atomic E-state index is -0.735. The molecule has 0 saturated carbocycles. The second-order valence-corrected chi connectivity index (χ2v) is 6.16. The van der Waals surface area contributed by atoms with Crippen molar-refractivity contribution in [3.8, 4) is 0 Å². The molecular formula is C18H16ClN3O4. The van der Waals surface area contributed by atoms with Gasteiger partial charge in [0.05, 0.1) is 16.9 Å². The molecule has 1 aromatic heterocycles. The largest absolute Gasteiger partial charge is 0.452 e. The second-order valence-electron chi connectivity index (χ2n) is 5.80. The van der Waals surface area contributed by atoms with Crippen LogP contribution in [0.3, 0.4) is 0 Å². The summed E-state index contributed by atoms with van der Waals surface area (Å²) in [7, 11) is 0. The highest BCUT2D eigenvalue weighted by atomic mass is 35.5. The fraction of sp³-hybridized carbons (Fsp3) is 0.222. The zero-order valence-corrected chi connectivity index (χ0v) is 14.7. The lowest BCUT2D eigenvalue weighted by atomic mass is 10.1. The summed E-state index contributed by atoms with van der Waals surface area (Å²) in [6, 6.07) is 9.62. The topological polar surface area (TPSA) is 88.6 Å². The van der Waals surface area contributed by atoms with Crippen LogP contribution in [0.2, 0.25) is 5.15 Å². The number of carbonyl (C=O) groups is 3. The molecule has 1 atom stereocenters. The number of nitrogens with one attached hydrogen (secondary N) is 1. The number of rotatable bonds is 3. The Bertz CT molecular complexity index is 871. The molecule has 2 heterocycles. The molecule has 0 spiro atoms. The standard InChI is InChI=1S/C18H16ClN3O4/c1-11-9-15(23)21-13-6-2-3-7-14(13)22(11)16(24)10-26-18(25)12-5-4-8-20-17(12)19/h2-8,11H,9-10H2,1H3,(H,21,23)/t11-/m1/s1. The summed E-state index contributed by atoms with van der Waals surface area (Å²) in [5.74, 6) is -1.35. The highest BCUT2D eigenvalue weighted by Crippen LogP contribution is 2.31. The monoisotopic (exact) mass is 373 g/mol. The number of benzene rings is 1. The fourth-order valence-corrected chi connectivity index (χ4v) is 2.98. The van der Waals surface area contributed by atoms with E-state index in [-0.39, 0.29) is 29.1 Å². The molecule has 26 heavy (non-hydrogen) atoms. The average molecular weight is 374 g/mol. The number of pyridine rings is 1. The number of esters is 1. The van der Waals surface area contributed by atoms with E-state index in [9.17, 15) is 14.4 Å². The Hall–Kier alpha value is -2.93. The molecule has 1 aliphatic heterocycles. The molecule has 1 aromatic carbocycles. The van der Waals surface area contributed by atoms with Crippen LogP contribution in [-0.4, -0.2) is 35.4 Å². The first-order valence-electron chi connectivity index (χ1n) is 7.96. The summed E-state index contributed by atoms with van der Waals surface area (Å²) >= 11 is 5.86. The van der Waals surface area contributed by atoms with Crippen molar-refractivity contribution in [3.05, 3.63) is 53.3 Å². The van der Waals surface area contributed by atoms with Gasteiger partial charge < -0.3 is 15.0 Å². The van der Waals surface area contributed by atoms with Crippen molar-refractivity contribution in [1.82, 2.24) is 4.98 Å². The van der Waals surface area contributed by atoms with Gasteiger partial charge >= 0.3 is 5.97 Å². The summed E-state index contributed by atoms with van der Waals surface area (Å²) < 4.78 is 5.10. The molecule has 2 amide bonds. The second kappa shape index (κ2) is 7.53. The van der Waals surface area contributed by atoms with Crippen LogP contribution in [0.4, 0.5) is 11.4 Å². The first kappa shape index (κ1) is 17.9. The van der Waals surface area contributed by atoms with E-state index in [0.29, 0.717) is 11.4 Å². The molecule has 0 saturated heterocycles. The summed E-state index contributed by atoms with van der Waals surface area (Å²) in [6.45, 7) is 1.29. The molecule has 0 fully saturated rings. The predicted molar refractivity (Wildman–Crippen MR) is 96.2 cm³/mol. The number of halogens is 1. The first-order valence-corrected chi connectivity index (χ1v) is 8.33. The number of anilines is 2. The Morgan fingerprint density at radius 3 is 2.85 bits per heavy atom. The summed E-state index contributed by atoms with van der Waals surface area (Å²) in [4.78, 5) is 42.1. The van der Waals surface area contributed by atoms with Crippen LogP contribution < -0.4 is 10.2 Å². The van der Waals surface area contributed by atoms with Crippen LogP contribution in [0.1, 0.15) is 23.7 Å². The van der Waals surface area contributed by atoms with E-state index >= 15 is 0 Å². The molecule has 1 aliphatic rings. The Balaban J connectivity index is 1.77. The van der Waals surface area contributed by atoms with Gasteiger partial charge in [-0.2, -0.15) is 0 Å². The maximum Gasteiger partial charge on any atom is 0.341 e. The van der Waals surface area contributed by atoms with Crippen LogP contribution >= 0.6 is 11.6 Å². The van der Waals surface area contributed by atoms with Gasteiger partial charge in [-0.15, -0.1) is 0 Å². The molecule has 0 radical (unpaired) electrons. The van der Waals surface area contributed by atoms with Crippen molar-refractivity contribution in [2.24, 2.45) is 0 Å². The molecule has 8 heteroatoms. The van der Waals surface area contributed by atoms with Crippen molar-refractivity contribution in [1.29, 1.82) is 0 Å². The van der Waals surface area contributed by atoms with Crippen LogP contribution in [-0.2, 0) is 14.3 Å². The fourth-order valence-electron chi connectivity index (χ4n) is 2.78. The number of nitrogens with zero attached hydrogens (tertiary/aromatic N) is 2. The number of hydrogen-bond acceptors (Lipinski definition) is 5. The van der Waals surface area contributed by atoms with Gasteiger partial charge in [-0.05, 0) is 31.2 Å². The lowest BCUT2D eigenvalue weighted by Gasteiger charge is -2.27. The third-order valence-corrected chi connectivity index (χ3v) is 4.23. The number of amides is 2. The van der Waals surface area contributed by atoms with E-state index in [2.05, 4.69) is 10.3 Å². The average Bonchev–Trinajstić information content (AvgIpc) is 2.74. The smallest absolute Gasteiger partial charge is 0.341 e. The van der Waals surface area contributed by atoms with Crippen LogP contribution in [0.5, 0.6) is 0 Å². The van der Waals surface area contributed by atoms with E-state index in [1.807, 2.05) is 0 Å². The van der Waals surface area contributed by atoms with Gasteiger partial charge in [-0.25, -0.2) is 9.78 Å². The lowest BCUT2D eigenvalue weighted by molar-refractivity contribution is -0.122. The summed E-state index contributed by atoms with van der Waals surface area (Å²) in [5.41, 5.74) is 1.19. The number of fused-ring (bicyclic) bond motifs is 1. The van der Waals surface area contributed by atoms with E-state index in [4.69, 9.17) is 16.3 Å². The van der Waals surface area contributed by atoms with Crippen molar-refractivity contribution in [3.63, 3.8) is 0 Å². The number of para-hydroxylation sites is 2. The Morgan fingerprint density at radius 1 is 1.31 bits per heavy atom. The number of aromatic nitrogens is 1. The van der Waals surface area contributed by atoms with Gasteiger partial charge in [0.15, 0.2) is 6.61 Å². The summed E-state index contributed by atoms with van der Waals surface area (Å²) in [6.07, 6.45) is 1.59. The van der Waals surface area contributed by atoms with Gasteiger partial charge in [-0.1, -0.05) is 23.7 Å². The van der Waals surface area contributed by atoms with E-state index in [1.54, 1.807) is 37.3 Å². The third kappa shape index (κ3) is 3.67. The lowest BCUT2D eigenvalue weighted by Crippen LogP contribution is -2.41. The van der Waals surface area contributed by atoms with E-state index in [1.165, 1.54) is 17.2 Å². The third-order valence-electron chi connectivity index (χ3n) is 3.93. The minimum absolute atomic E-state index is 0.00762. The highest BCUT2D eigenvalue weighted by molar-refractivity contribution is 6.32. The molecule has 3 rings (SSSR count). The Labute approximate surface area is 154 Å². The van der Waals surface area contributed by atoms with Crippen LogP contribution in [0.15, 0.2) is 42.6 Å². The molecule has 0 bridgehead atoms. The zero-order valence-electron chi connectivity index (χ0n) is 13.9. The molecular weight excluding hydrogens is 358 g/mol. The van der Waals surface area contributed by atoms with Crippen LogP contribution in [0, 0.1) is 0 Å². The zero-order chi connectivity index (χ0) is 18.7. The van der Waals surface area contributed by atoms with Gasteiger partial charge in [0.2, 0.25) is 5.91 Å². The first-order chi connectivity index (χ1) is 12.5.